The quantitative estimate of drug-likeness (QED) is 0.255. The number of hydrogen-bond acceptors (Lipinski definition) is 5. The highest BCUT2D eigenvalue weighted by Gasteiger charge is 2.23. The van der Waals surface area contributed by atoms with Crippen LogP contribution in [-0.2, 0) is 13.0 Å². The Labute approximate surface area is 201 Å². The molecule has 174 valence electrons. The van der Waals surface area contributed by atoms with Gasteiger partial charge in [-0.2, -0.15) is 0 Å². The number of nitrogens with zero attached hydrogens (tertiary/aromatic N) is 3. The third-order valence-electron chi connectivity index (χ3n) is 5.62. The molecule has 4 rings (SSSR count). The molecule has 2 heterocycles. The van der Waals surface area contributed by atoms with Gasteiger partial charge < -0.3 is 4.98 Å². The van der Waals surface area contributed by atoms with E-state index < -0.39 is 0 Å². The SMILES string of the molecule is CCc1c(C(=O)CSc2nnc(-c3ccccc3F)n2Cc2ccccc2)[nH]c(C)c1C(C)=O. The van der Waals surface area contributed by atoms with E-state index in [4.69, 9.17) is 0 Å². The predicted molar refractivity (Wildman–Crippen MR) is 131 cm³/mol. The maximum Gasteiger partial charge on any atom is 0.192 e. The number of halogens is 1. The molecular formula is C26H25FN4O2S. The van der Waals surface area contributed by atoms with E-state index in [2.05, 4.69) is 15.2 Å². The van der Waals surface area contributed by atoms with E-state index in [9.17, 15) is 14.0 Å². The van der Waals surface area contributed by atoms with Crippen LogP contribution in [0, 0.1) is 12.7 Å². The molecule has 6 nitrogen and oxygen atoms in total. The number of aromatic amines is 1. The molecule has 0 aliphatic heterocycles. The lowest BCUT2D eigenvalue weighted by Gasteiger charge is -2.11. The van der Waals surface area contributed by atoms with E-state index in [0.717, 1.165) is 11.1 Å². The van der Waals surface area contributed by atoms with Crippen LogP contribution >= 0.6 is 11.8 Å². The number of carbonyl (C=O) groups excluding carboxylic acids is 2. The lowest BCUT2D eigenvalue weighted by molar-refractivity contribution is 0.101. The van der Waals surface area contributed by atoms with E-state index >= 15 is 0 Å². The van der Waals surface area contributed by atoms with Crippen molar-refractivity contribution in [3.05, 3.63) is 88.5 Å². The van der Waals surface area contributed by atoms with Gasteiger partial charge in [-0.25, -0.2) is 4.39 Å². The first-order valence-corrected chi connectivity index (χ1v) is 12.0. The summed E-state index contributed by atoms with van der Waals surface area (Å²) in [6.07, 6.45) is 0.576. The van der Waals surface area contributed by atoms with Crippen molar-refractivity contribution in [1.29, 1.82) is 0 Å². The minimum Gasteiger partial charge on any atom is -0.355 e. The van der Waals surface area contributed by atoms with E-state index in [1.807, 2.05) is 41.8 Å². The standard InChI is InChI=1S/C26H25FN4O2S/c1-4-19-23(17(3)32)16(2)28-24(19)22(33)15-34-26-30-29-25(20-12-8-9-13-21(20)27)31(26)14-18-10-6-5-7-11-18/h5-13,28H,4,14-15H2,1-3H3. The molecule has 0 aliphatic rings. The first-order valence-electron chi connectivity index (χ1n) is 11.0. The van der Waals surface area contributed by atoms with Crippen molar-refractivity contribution in [1.82, 2.24) is 19.7 Å². The Balaban J connectivity index is 1.65. The van der Waals surface area contributed by atoms with Crippen LogP contribution in [0.2, 0.25) is 0 Å². The lowest BCUT2D eigenvalue weighted by Crippen LogP contribution is -2.09. The van der Waals surface area contributed by atoms with Gasteiger partial charge in [0.25, 0.3) is 0 Å². The Morgan fingerprint density at radius 1 is 1.06 bits per heavy atom. The van der Waals surface area contributed by atoms with Crippen LogP contribution < -0.4 is 0 Å². The van der Waals surface area contributed by atoms with Gasteiger partial charge >= 0.3 is 0 Å². The van der Waals surface area contributed by atoms with E-state index in [-0.39, 0.29) is 23.1 Å². The topological polar surface area (TPSA) is 80.6 Å². The van der Waals surface area contributed by atoms with Gasteiger partial charge in [-0.15, -0.1) is 10.2 Å². The number of H-pyrrole nitrogens is 1. The van der Waals surface area contributed by atoms with Gasteiger partial charge in [0.2, 0.25) is 0 Å². The van der Waals surface area contributed by atoms with Gasteiger partial charge in [-0.1, -0.05) is 61.2 Å². The molecule has 2 aromatic carbocycles. The number of rotatable bonds is 9. The molecule has 0 saturated carbocycles. The summed E-state index contributed by atoms with van der Waals surface area (Å²) in [6, 6.07) is 16.2. The van der Waals surface area contributed by atoms with Crippen LogP contribution in [-0.4, -0.2) is 37.1 Å². The summed E-state index contributed by atoms with van der Waals surface area (Å²) >= 11 is 1.25. The molecule has 8 heteroatoms. The average molecular weight is 477 g/mol. The molecule has 1 N–H and O–H groups in total. The highest BCUT2D eigenvalue weighted by Crippen LogP contribution is 2.28. The Hall–Kier alpha value is -3.52. The number of nitrogens with one attached hydrogen (secondary N) is 1. The molecule has 0 saturated heterocycles. The maximum atomic E-state index is 14.6. The van der Waals surface area contributed by atoms with Crippen LogP contribution in [0.1, 0.15) is 51.5 Å². The number of thioether (sulfide) groups is 1. The lowest BCUT2D eigenvalue weighted by atomic mass is 10.0. The second-order valence-electron chi connectivity index (χ2n) is 7.96. The number of Topliss-reactive ketones (excluding diaryl/α,β-unsaturated/α-hetero) is 2. The van der Waals surface area contributed by atoms with Crippen LogP contribution in [0.5, 0.6) is 0 Å². The van der Waals surface area contributed by atoms with Crippen molar-refractivity contribution in [3.63, 3.8) is 0 Å². The van der Waals surface area contributed by atoms with Crippen molar-refractivity contribution in [2.45, 2.75) is 38.9 Å². The molecule has 4 aromatic rings. The second kappa shape index (κ2) is 10.2. The van der Waals surface area contributed by atoms with Crippen molar-refractivity contribution in [2.24, 2.45) is 0 Å². The summed E-state index contributed by atoms with van der Waals surface area (Å²) in [5, 5.41) is 9.06. The molecule has 0 radical (unpaired) electrons. The van der Waals surface area contributed by atoms with Gasteiger partial charge in [0.15, 0.2) is 22.5 Å². The molecule has 0 spiro atoms. The number of aromatic nitrogens is 4. The van der Waals surface area contributed by atoms with E-state index in [1.54, 1.807) is 25.1 Å². The Bertz CT molecular complexity index is 1340. The zero-order valence-corrected chi connectivity index (χ0v) is 20.1. The van der Waals surface area contributed by atoms with Crippen LogP contribution in [0.25, 0.3) is 11.4 Å². The van der Waals surface area contributed by atoms with Crippen molar-refractivity contribution in [3.8, 4) is 11.4 Å². The first-order chi connectivity index (χ1) is 16.4. The molecule has 0 bridgehead atoms. The molecule has 34 heavy (non-hydrogen) atoms. The maximum absolute atomic E-state index is 14.6. The number of benzene rings is 2. The largest absolute Gasteiger partial charge is 0.355 e. The first kappa shape index (κ1) is 23.6. The zero-order chi connectivity index (χ0) is 24.2. The van der Waals surface area contributed by atoms with Crippen molar-refractivity contribution in [2.75, 3.05) is 5.75 Å². The van der Waals surface area contributed by atoms with Crippen molar-refractivity contribution >= 4 is 23.3 Å². The third-order valence-corrected chi connectivity index (χ3v) is 6.59. The zero-order valence-electron chi connectivity index (χ0n) is 19.3. The normalized spacial score (nSPS) is 11.1. The second-order valence-corrected chi connectivity index (χ2v) is 8.90. The fraction of sp³-hybridized carbons (Fsp3) is 0.231. The monoisotopic (exact) mass is 476 g/mol. The van der Waals surface area contributed by atoms with Gasteiger partial charge in [0, 0.05) is 11.3 Å². The molecule has 0 aliphatic carbocycles. The van der Waals surface area contributed by atoms with Gasteiger partial charge in [0.1, 0.15) is 5.82 Å². The van der Waals surface area contributed by atoms with E-state index in [1.165, 1.54) is 24.8 Å². The summed E-state index contributed by atoms with van der Waals surface area (Å²) in [7, 11) is 0. The van der Waals surface area contributed by atoms with Gasteiger partial charge in [-0.3, -0.25) is 14.2 Å². The summed E-state index contributed by atoms with van der Waals surface area (Å²) in [4.78, 5) is 28.3. The molecule has 0 atom stereocenters. The average Bonchev–Trinajstić information content (AvgIpc) is 3.38. The van der Waals surface area contributed by atoms with Crippen LogP contribution in [0.3, 0.4) is 0 Å². The fourth-order valence-corrected chi connectivity index (χ4v) is 4.90. The molecule has 0 unspecified atom stereocenters. The van der Waals surface area contributed by atoms with Gasteiger partial charge in [0.05, 0.1) is 23.6 Å². The van der Waals surface area contributed by atoms with Gasteiger partial charge in [-0.05, 0) is 43.5 Å². The van der Waals surface area contributed by atoms with Crippen molar-refractivity contribution < 1.29 is 14.0 Å². The number of aryl methyl sites for hydroxylation is 1. The summed E-state index contributed by atoms with van der Waals surface area (Å²) in [5.41, 5.74) is 3.85. The van der Waals surface area contributed by atoms with E-state index in [0.29, 0.717) is 46.5 Å². The summed E-state index contributed by atoms with van der Waals surface area (Å²) in [5.74, 6) is -0.0635. The number of ketones is 2. The molecule has 0 amide bonds. The Morgan fingerprint density at radius 2 is 1.76 bits per heavy atom. The summed E-state index contributed by atoms with van der Waals surface area (Å²) in [6.45, 7) is 5.67. The number of hydrogen-bond donors (Lipinski definition) is 1. The Kier molecular flexibility index (Phi) is 7.07. The molecule has 0 fully saturated rings. The Morgan fingerprint density at radius 3 is 2.44 bits per heavy atom. The molecular weight excluding hydrogens is 451 g/mol. The smallest absolute Gasteiger partial charge is 0.192 e. The highest BCUT2D eigenvalue weighted by atomic mass is 32.2. The molecule has 2 aromatic heterocycles. The third kappa shape index (κ3) is 4.72. The van der Waals surface area contributed by atoms with Crippen LogP contribution in [0.15, 0.2) is 59.8 Å². The highest BCUT2D eigenvalue weighted by molar-refractivity contribution is 7.99. The fourth-order valence-electron chi connectivity index (χ4n) is 4.09. The number of carbonyl (C=O) groups is 2. The summed E-state index contributed by atoms with van der Waals surface area (Å²) < 4.78 is 16.4. The predicted octanol–water partition coefficient (Wildman–Crippen LogP) is 5.51. The minimum atomic E-state index is -0.386. The minimum absolute atomic E-state index is 0.0607. The van der Waals surface area contributed by atoms with Crippen LogP contribution in [0.4, 0.5) is 4.39 Å².